The van der Waals surface area contributed by atoms with Gasteiger partial charge in [-0.3, -0.25) is 4.79 Å². The van der Waals surface area contributed by atoms with Gasteiger partial charge in [0.2, 0.25) is 5.91 Å². The van der Waals surface area contributed by atoms with Gasteiger partial charge in [0.25, 0.3) is 0 Å². The van der Waals surface area contributed by atoms with Crippen LogP contribution in [0.25, 0.3) is 5.82 Å². The van der Waals surface area contributed by atoms with Crippen molar-refractivity contribution < 1.29 is 9.53 Å². The largest absolute Gasteiger partial charge is 0.494 e. The first kappa shape index (κ1) is 21.1. The van der Waals surface area contributed by atoms with Crippen LogP contribution in [0.4, 0.5) is 5.82 Å². The average Bonchev–Trinajstić information content (AvgIpc) is 3.05. The van der Waals surface area contributed by atoms with Crippen molar-refractivity contribution in [3.05, 3.63) is 63.9 Å². The van der Waals surface area contributed by atoms with Gasteiger partial charge in [0, 0.05) is 18.7 Å². The molecule has 1 aromatic carbocycles. The summed E-state index contributed by atoms with van der Waals surface area (Å²) in [6.07, 6.45) is 3.39. The van der Waals surface area contributed by atoms with E-state index in [1.165, 1.54) is 16.4 Å². The lowest BCUT2D eigenvalue weighted by Crippen LogP contribution is -2.16. The number of carbonyl (C=O) groups is 1. The Kier molecular flexibility index (Phi) is 7.12. The van der Waals surface area contributed by atoms with Crippen molar-refractivity contribution >= 4 is 34.9 Å². The van der Waals surface area contributed by atoms with Crippen LogP contribution in [0.1, 0.15) is 31.0 Å². The predicted molar refractivity (Wildman–Crippen MR) is 115 cm³/mol. The van der Waals surface area contributed by atoms with Gasteiger partial charge < -0.3 is 10.1 Å². The monoisotopic (exact) mass is 432 g/mol. The number of benzene rings is 1. The third-order valence-electron chi connectivity index (χ3n) is 4.24. The number of amides is 1. The smallest absolute Gasteiger partial charge is 0.225 e. The summed E-state index contributed by atoms with van der Waals surface area (Å²) in [5, 5.41) is 8.00. The van der Waals surface area contributed by atoms with Crippen molar-refractivity contribution in [3.8, 4) is 11.6 Å². The Hall–Kier alpha value is -2.57. The van der Waals surface area contributed by atoms with Gasteiger partial charge in [-0.2, -0.15) is 9.78 Å². The van der Waals surface area contributed by atoms with Gasteiger partial charge in [-0.05, 0) is 43.5 Å². The Morgan fingerprint density at radius 1 is 1.21 bits per heavy atom. The van der Waals surface area contributed by atoms with E-state index in [9.17, 15) is 4.79 Å². The number of rotatable bonds is 8. The first-order valence-corrected chi connectivity index (χ1v) is 10.1. The minimum absolute atomic E-state index is 0.138. The van der Waals surface area contributed by atoms with E-state index in [0.717, 1.165) is 17.9 Å². The molecule has 0 aliphatic heterocycles. The highest BCUT2D eigenvalue weighted by Crippen LogP contribution is 2.25. The van der Waals surface area contributed by atoms with Crippen molar-refractivity contribution in [2.45, 2.75) is 33.1 Å². The standard InChI is InChI=1S/C21H22Cl2N4O2/c1-3-15-6-8-17(9-7-15)29-10-4-5-20(28)25-19-11-14(2)26-27(19)21-18(23)12-16(22)13-24-21/h6-9,11-13H,3-5,10H2,1-2H3,(H,25,28). The molecule has 1 N–H and O–H groups in total. The van der Waals surface area contributed by atoms with Crippen molar-refractivity contribution in [2.24, 2.45) is 0 Å². The Balaban J connectivity index is 1.55. The summed E-state index contributed by atoms with van der Waals surface area (Å²) in [6.45, 7) is 4.40. The van der Waals surface area contributed by atoms with Gasteiger partial charge in [-0.15, -0.1) is 0 Å². The number of nitrogens with zero attached hydrogens (tertiary/aromatic N) is 3. The minimum Gasteiger partial charge on any atom is -0.494 e. The summed E-state index contributed by atoms with van der Waals surface area (Å²) in [4.78, 5) is 16.6. The second kappa shape index (κ2) is 9.76. The van der Waals surface area contributed by atoms with Crippen LogP contribution in [0, 0.1) is 6.92 Å². The number of nitrogens with one attached hydrogen (secondary N) is 1. The molecule has 3 rings (SSSR count). The van der Waals surface area contributed by atoms with E-state index in [2.05, 4.69) is 22.3 Å². The van der Waals surface area contributed by atoms with Gasteiger partial charge >= 0.3 is 0 Å². The molecular formula is C21H22Cl2N4O2. The normalized spacial score (nSPS) is 10.8. The maximum absolute atomic E-state index is 12.4. The third kappa shape index (κ3) is 5.71. The van der Waals surface area contributed by atoms with E-state index in [1.807, 2.05) is 31.2 Å². The number of anilines is 1. The van der Waals surface area contributed by atoms with Crippen LogP contribution in [0.5, 0.6) is 5.75 Å². The molecule has 0 fully saturated rings. The van der Waals surface area contributed by atoms with Gasteiger partial charge in [-0.25, -0.2) is 4.98 Å². The zero-order valence-electron chi connectivity index (χ0n) is 16.3. The van der Waals surface area contributed by atoms with Crippen LogP contribution in [-0.4, -0.2) is 27.3 Å². The van der Waals surface area contributed by atoms with Crippen LogP contribution < -0.4 is 10.1 Å². The molecule has 0 saturated heterocycles. The highest BCUT2D eigenvalue weighted by Gasteiger charge is 2.14. The van der Waals surface area contributed by atoms with Crippen LogP contribution >= 0.6 is 23.2 Å². The zero-order valence-corrected chi connectivity index (χ0v) is 17.8. The van der Waals surface area contributed by atoms with Crippen molar-refractivity contribution in [1.29, 1.82) is 0 Å². The van der Waals surface area contributed by atoms with Crippen LogP contribution in [-0.2, 0) is 11.2 Å². The van der Waals surface area contributed by atoms with Crippen molar-refractivity contribution in [2.75, 3.05) is 11.9 Å². The molecule has 152 valence electrons. The molecule has 0 bridgehead atoms. The summed E-state index contributed by atoms with van der Waals surface area (Å²) in [5.41, 5.74) is 1.99. The lowest BCUT2D eigenvalue weighted by atomic mass is 10.2. The SMILES string of the molecule is CCc1ccc(OCCCC(=O)Nc2cc(C)nn2-c2ncc(Cl)cc2Cl)cc1. The molecule has 0 radical (unpaired) electrons. The molecule has 2 heterocycles. The summed E-state index contributed by atoms with van der Waals surface area (Å²) in [7, 11) is 0. The van der Waals surface area contributed by atoms with Crippen molar-refractivity contribution in [1.82, 2.24) is 14.8 Å². The van der Waals surface area contributed by atoms with E-state index in [0.29, 0.717) is 41.1 Å². The van der Waals surface area contributed by atoms with Gasteiger partial charge in [-0.1, -0.05) is 42.3 Å². The maximum Gasteiger partial charge on any atom is 0.225 e. The molecule has 0 unspecified atom stereocenters. The fourth-order valence-electron chi connectivity index (χ4n) is 2.76. The van der Waals surface area contributed by atoms with Crippen LogP contribution in [0.15, 0.2) is 42.6 Å². The Morgan fingerprint density at radius 2 is 1.97 bits per heavy atom. The Bertz CT molecular complexity index is 987. The number of aromatic nitrogens is 3. The predicted octanol–water partition coefficient (Wildman–Crippen LogP) is 5.24. The second-order valence-corrected chi connectivity index (χ2v) is 7.38. The lowest BCUT2D eigenvalue weighted by Gasteiger charge is -2.10. The number of hydrogen-bond donors (Lipinski definition) is 1. The number of pyridine rings is 1. The molecule has 29 heavy (non-hydrogen) atoms. The number of carbonyl (C=O) groups excluding carboxylic acids is 1. The first-order valence-electron chi connectivity index (χ1n) is 9.36. The Labute approximate surface area is 179 Å². The van der Waals surface area contributed by atoms with Crippen LogP contribution in [0.2, 0.25) is 10.0 Å². The number of ether oxygens (including phenoxy) is 1. The van der Waals surface area contributed by atoms with Crippen LogP contribution in [0.3, 0.4) is 0 Å². The molecule has 1 amide bonds. The fourth-order valence-corrected chi connectivity index (χ4v) is 3.22. The number of hydrogen-bond acceptors (Lipinski definition) is 4. The number of halogens is 2. The van der Waals surface area contributed by atoms with E-state index >= 15 is 0 Å². The first-order chi connectivity index (χ1) is 14.0. The van der Waals surface area contributed by atoms with Crippen molar-refractivity contribution in [3.63, 3.8) is 0 Å². The Morgan fingerprint density at radius 3 is 2.66 bits per heavy atom. The minimum atomic E-state index is -0.138. The topological polar surface area (TPSA) is 69.0 Å². The van der Waals surface area contributed by atoms with Gasteiger partial charge in [0.15, 0.2) is 5.82 Å². The third-order valence-corrected chi connectivity index (χ3v) is 4.72. The highest BCUT2D eigenvalue weighted by atomic mass is 35.5. The quantitative estimate of drug-likeness (QED) is 0.493. The molecule has 0 atom stereocenters. The molecule has 2 aromatic heterocycles. The molecular weight excluding hydrogens is 411 g/mol. The lowest BCUT2D eigenvalue weighted by molar-refractivity contribution is -0.116. The molecule has 6 nitrogen and oxygen atoms in total. The molecule has 8 heteroatoms. The summed E-state index contributed by atoms with van der Waals surface area (Å²) < 4.78 is 7.19. The van der Waals surface area contributed by atoms with Gasteiger partial charge in [0.05, 0.1) is 22.3 Å². The molecule has 0 aliphatic carbocycles. The van der Waals surface area contributed by atoms with E-state index in [1.54, 1.807) is 12.1 Å². The van der Waals surface area contributed by atoms with E-state index in [4.69, 9.17) is 27.9 Å². The number of aryl methyl sites for hydroxylation is 2. The average molecular weight is 433 g/mol. The fraction of sp³-hybridized carbons (Fsp3) is 0.286. The molecule has 0 spiro atoms. The zero-order chi connectivity index (χ0) is 20.8. The molecule has 0 saturated carbocycles. The van der Waals surface area contributed by atoms with Gasteiger partial charge in [0.1, 0.15) is 11.6 Å². The second-order valence-electron chi connectivity index (χ2n) is 6.54. The van der Waals surface area contributed by atoms with E-state index < -0.39 is 0 Å². The molecule has 3 aromatic rings. The highest BCUT2D eigenvalue weighted by molar-refractivity contribution is 6.35. The summed E-state index contributed by atoms with van der Waals surface area (Å²) in [6, 6.07) is 11.3. The van der Waals surface area contributed by atoms with E-state index in [-0.39, 0.29) is 5.91 Å². The summed E-state index contributed by atoms with van der Waals surface area (Å²) in [5.74, 6) is 1.57. The maximum atomic E-state index is 12.4. The molecule has 0 aliphatic rings. The summed E-state index contributed by atoms with van der Waals surface area (Å²) >= 11 is 12.1.